The number of aryl methyl sites for hydroxylation is 1. The Morgan fingerprint density at radius 2 is 1.85 bits per heavy atom. The van der Waals surface area contributed by atoms with Gasteiger partial charge in [-0.15, -0.1) is 0 Å². The van der Waals surface area contributed by atoms with Crippen LogP contribution in [0.1, 0.15) is 29.2 Å². The first-order valence-corrected chi connectivity index (χ1v) is 12.1. The second-order valence-corrected chi connectivity index (χ2v) is 9.32. The molecule has 34 heavy (non-hydrogen) atoms. The molecule has 4 aromatic rings. The molecule has 1 atom stereocenters. The summed E-state index contributed by atoms with van der Waals surface area (Å²) in [5, 5.41) is 16.9. The minimum Gasteiger partial charge on any atom is -0.357 e. The highest BCUT2D eigenvalue weighted by atomic mass is 32.2. The number of para-hydroxylation sites is 1. The van der Waals surface area contributed by atoms with E-state index in [4.69, 9.17) is 0 Å². The maximum absolute atomic E-state index is 12.7. The van der Waals surface area contributed by atoms with E-state index >= 15 is 0 Å². The largest absolute Gasteiger partial charge is 0.357 e. The van der Waals surface area contributed by atoms with Crippen LogP contribution in [0.25, 0.3) is 17.0 Å². The van der Waals surface area contributed by atoms with Gasteiger partial charge in [0.05, 0.1) is 16.5 Å². The van der Waals surface area contributed by atoms with Crippen LogP contribution in [-0.4, -0.2) is 16.0 Å². The van der Waals surface area contributed by atoms with Crippen LogP contribution in [0.15, 0.2) is 83.9 Å². The van der Waals surface area contributed by atoms with Gasteiger partial charge in [-0.05, 0) is 47.9 Å². The Labute approximate surface area is 203 Å². The number of hydrogen-bond donors (Lipinski definition) is 2. The van der Waals surface area contributed by atoms with Gasteiger partial charge in [0.1, 0.15) is 0 Å². The second kappa shape index (κ2) is 9.50. The lowest BCUT2D eigenvalue weighted by atomic mass is 10.1. The number of anilines is 1. The zero-order valence-corrected chi connectivity index (χ0v) is 19.6. The summed E-state index contributed by atoms with van der Waals surface area (Å²) in [5.74, 6) is -0.0839. The molecule has 0 saturated carbocycles. The van der Waals surface area contributed by atoms with E-state index in [2.05, 4.69) is 58.7 Å². The van der Waals surface area contributed by atoms with Crippen molar-refractivity contribution in [2.45, 2.75) is 25.4 Å². The van der Waals surface area contributed by atoms with E-state index in [1.165, 1.54) is 17.3 Å². The molecule has 1 saturated heterocycles. The highest BCUT2D eigenvalue weighted by Gasteiger charge is 2.27. The fourth-order valence-electron chi connectivity index (χ4n) is 4.17. The number of nitrogens with zero attached hydrogens (tertiary/aromatic N) is 2. The second-order valence-electron chi connectivity index (χ2n) is 8.17. The van der Waals surface area contributed by atoms with Gasteiger partial charge in [0.25, 0.3) is 5.91 Å². The molecule has 6 heteroatoms. The number of amides is 1. The molecule has 0 bridgehead atoms. The number of nitriles is 1. The normalized spacial score (nSPS) is 16.5. The molecule has 1 aliphatic heterocycles. The van der Waals surface area contributed by atoms with Crippen molar-refractivity contribution in [1.29, 1.82) is 5.26 Å². The van der Waals surface area contributed by atoms with Gasteiger partial charge >= 0.3 is 0 Å². The third-order valence-corrected chi connectivity index (χ3v) is 7.00. The zero-order chi connectivity index (χ0) is 23.5. The molecule has 0 radical (unpaired) electrons. The van der Waals surface area contributed by atoms with E-state index in [-0.39, 0.29) is 11.4 Å². The number of carbonyl (C=O) groups is 1. The van der Waals surface area contributed by atoms with Crippen molar-refractivity contribution in [3.8, 4) is 6.07 Å². The van der Waals surface area contributed by atoms with Crippen molar-refractivity contribution in [2.24, 2.45) is 0 Å². The predicted molar refractivity (Wildman–Crippen MR) is 139 cm³/mol. The van der Waals surface area contributed by atoms with Gasteiger partial charge < -0.3 is 15.2 Å². The first-order valence-electron chi connectivity index (χ1n) is 11.2. The van der Waals surface area contributed by atoms with Gasteiger partial charge in [0.2, 0.25) is 0 Å². The van der Waals surface area contributed by atoms with Crippen LogP contribution in [-0.2, 0) is 17.8 Å². The molecule has 5 nitrogen and oxygen atoms in total. The molecular formula is C28H24N4OS. The Hall–Kier alpha value is -3.95. The monoisotopic (exact) mass is 464 g/mol. The van der Waals surface area contributed by atoms with Crippen LogP contribution in [0.2, 0.25) is 0 Å². The summed E-state index contributed by atoms with van der Waals surface area (Å²) < 4.78 is 2.14. The number of rotatable bonds is 6. The molecule has 1 amide bonds. The number of benzene rings is 3. The van der Waals surface area contributed by atoms with Crippen molar-refractivity contribution in [1.82, 2.24) is 9.88 Å². The predicted octanol–water partition coefficient (Wildman–Crippen LogP) is 5.72. The van der Waals surface area contributed by atoms with Crippen molar-refractivity contribution >= 4 is 40.3 Å². The number of nitrogens with one attached hydrogen (secondary N) is 2. The Balaban J connectivity index is 1.41. The summed E-state index contributed by atoms with van der Waals surface area (Å²) in [6.45, 7) is 2.72. The summed E-state index contributed by atoms with van der Waals surface area (Å²) in [6, 6.07) is 26.4. The third-order valence-electron chi connectivity index (χ3n) is 5.98. The Morgan fingerprint density at radius 3 is 2.65 bits per heavy atom. The Bertz CT molecular complexity index is 1430. The first-order chi connectivity index (χ1) is 16.6. The van der Waals surface area contributed by atoms with Crippen LogP contribution in [0.4, 0.5) is 5.69 Å². The van der Waals surface area contributed by atoms with Gasteiger partial charge in [-0.25, -0.2) is 0 Å². The molecule has 2 heterocycles. The number of thioether (sulfide) groups is 1. The molecule has 168 valence electrons. The molecule has 0 unspecified atom stereocenters. The SMILES string of the molecule is CCc1ccc(N[C@@H]2NC(=O)/C(=C/c3cn(Cc4ccccc4C#N)c4ccccc34)S2)cc1. The quantitative estimate of drug-likeness (QED) is 0.358. The smallest absolute Gasteiger partial charge is 0.260 e. The van der Waals surface area contributed by atoms with Crippen LogP contribution >= 0.6 is 11.8 Å². The first kappa shape index (κ1) is 21.9. The van der Waals surface area contributed by atoms with Crippen molar-refractivity contribution in [2.75, 3.05) is 5.32 Å². The van der Waals surface area contributed by atoms with E-state index in [1.54, 1.807) is 0 Å². The van der Waals surface area contributed by atoms with E-state index < -0.39 is 0 Å². The van der Waals surface area contributed by atoms with Crippen molar-refractivity contribution in [3.63, 3.8) is 0 Å². The minimum atomic E-state index is -0.220. The lowest BCUT2D eigenvalue weighted by Gasteiger charge is -2.12. The minimum absolute atomic E-state index is 0.0839. The Morgan fingerprint density at radius 1 is 1.09 bits per heavy atom. The molecule has 0 aliphatic carbocycles. The fraction of sp³-hybridized carbons (Fsp3) is 0.143. The molecule has 5 rings (SSSR count). The third kappa shape index (κ3) is 4.43. The molecule has 1 aliphatic rings. The van der Waals surface area contributed by atoms with Gasteiger partial charge in [-0.3, -0.25) is 4.79 Å². The molecule has 2 N–H and O–H groups in total. The topological polar surface area (TPSA) is 69.8 Å². The Kier molecular flexibility index (Phi) is 6.11. The summed E-state index contributed by atoms with van der Waals surface area (Å²) in [4.78, 5) is 13.4. The fourth-order valence-corrected chi connectivity index (χ4v) is 5.14. The van der Waals surface area contributed by atoms with E-state index in [1.807, 2.05) is 54.6 Å². The van der Waals surface area contributed by atoms with Gasteiger partial charge in [-0.1, -0.05) is 67.2 Å². The van der Waals surface area contributed by atoms with Crippen LogP contribution in [0.5, 0.6) is 0 Å². The number of aromatic nitrogens is 1. The standard InChI is InChI=1S/C28H24N4OS/c1-2-19-11-13-23(14-12-19)30-28-31-27(33)26(34-28)15-22-18-32(25-10-6-5-9-24(22)25)17-21-8-4-3-7-20(21)16-29/h3-15,18,28,30H,2,17H2,1H3,(H,31,33)/b26-15-/t28-/m1/s1. The van der Waals surface area contributed by atoms with Gasteiger partial charge in [0.15, 0.2) is 5.50 Å². The highest BCUT2D eigenvalue weighted by molar-refractivity contribution is 8.05. The number of carbonyl (C=O) groups excluding carboxylic acids is 1. The molecule has 1 fully saturated rings. The average Bonchev–Trinajstić information content (AvgIpc) is 3.39. The maximum Gasteiger partial charge on any atom is 0.260 e. The summed E-state index contributed by atoms with van der Waals surface area (Å²) in [7, 11) is 0. The van der Waals surface area contributed by atoms with Crippen LogP contribution in [0.3, 0.4) is 0 Å². The molecule has 3 aromatic carbocycles. The lowest BCUT2D eigenvalue weighted by Crippen LogP contribution is -2.30. The molecule has 1 aromatic heterocycles. The summed E-state index contributed by atoms with van der Waals surface area (Å²) in [6.07, 6.45) is 5.01. The lowest BCUT2D eigenvalue weighted by molar-refractivity contribution is -0.116. The summed E-state index contributed by atoms with van der Waals surface area (Å²) in [5.41, 5.74) is 5.73. The maximum atomic E-state index is 12.7. The van der Waals surface area contributed by atoms with Crippen LogP contribution < -0.4 is 10.6 Å². The van der Waals surface area contributed by atoms with Gasteiger partial charge in [-0.2, -0.15) is 5.26 Å². The zero-order valence-electron chi connectivity index (χ0n) is 18.8. The van der Waals surface area contributed by atoms with E-state index in [0.717, 1.165) is 34.1 Å². The average molecular weight is 465 g/mol. The molecule has 0 spiro atoms. The molecular weight excluding hydrogens is 440 g/mol. The highest BCUT2D eigenvalue weighted by Crippen LogP contribution is 2.33. The van der Waals surface area contributed by atoms with Crippen LogP contribution in [0, 0.1) is 11.3 Å². The van der Waals surface area contributed by atoms with E-state index in [0.29, 0.717) is 17.0 Å². The van der Waals surface area contributed by atoms with Crippen molar-refractivity contribution in [3.05, 3.63) is 106 Å². The number of fused-ring (bicyclic) bond motifs is 1. The summed E-state index contributed by atoms with van der Waals surface area (Å²) >= 11 is 1.48. The van der Waals surface area contributed by atoms with E-state index in [9.17, 15) is 10.1 Å². The van der Waals surface area contributed by atoms with Gasteiger partial charge in [0, 0.05) is 34.9 Å². The van der Waals surface area contributed by atoms with Crippen molar-refractivity contribution < 1.29 is 4.79 Å². The number of hydrogen-bond acceptors (Lipinski definition) is 4.